The van der Waals surface area contributed by atoms with Gasteiger partial charge in [-0.25, -0.2) is 0 Å². The zero-order chi connectivity index (χ0) is 9.35. The summed E-state index contributed by atoms with van der Waals surface area (Å²) in [5, 5.41) is 0. The third-order valence-electron chi connectivity index (χ3n) is 1.54. The Balaban J connectivity index is 3.23. The maximum absolute atomic E-state index is 12.1. The summed E-state index contributed by atoms with van der Waals surface area (Å²) in [6.45, 7) is 1.38. The van der Waals surface area contributed by atoms with E-state index in [2.05, 4.69) is 0 Å². The number of hydrogen-bond acceptors (Lipinski definition) is 0. The van der Waals surface area contributed by atoms with Crippen molar-refractivity contribution < 1.29 is 13.2 Å². The molecule has 0 aliphatic heterocycles. The molecule has 4 heteroatoms. The van der Waals surface area contributed by atoms with E-state index in [4.69, 9.17) is 5.73 Å². The molecule has 12 heavy (non-hydrogen) atoms. The van der Waals surface area contributed by atoms with Gasteiger partial charge in [0.05, 0.1) is 5.56 Å². The van der Waals surface area contributed by atoms with E-state index in [9.17, 15) is 13.2 Å². The molecule has 0 saturated carbocycles. The Hall–Kier alpha value is -1.19. The van der Waals surface area contributed by atoms with Crippen molar-refractivity contribution in [3.05, 3.63) is 35.1 Å². The zero-order valence-corrected chi connectivity index (χ0v) is 6.37. The van der Waals surface area contributed by atoms with Crippen LogP contribution in [0.3, 0.4) is 0 Å². The molecule has 0 spiro atoms. The molecule has 0 heterocycles. The molecule has 0 atom stereocenters. The summed E-state index contributed by atoms with van der Waals surface area (Å²) in [6.07, 6.45) is -4.35. The third-order valence-corrected chi connectivity index (χ3v) is 1.54. The van der Waals surface area contributed by atoms with Crippen LogP contribution in [-0.2, 0) is 6.18 Å². The highest BCUT2D eigenvalue weighted by atomic mass is 19.4. The van der Waals surface area contributed by atoms with Crippen molar-refractivity contribution in [1.82, 2.24) is 0 Å². The summed E-state index contributed by atoms with van der Waals surface area (Å²) >= 11 is 0. The highest BCUT2D eigenvalue weighted by Crippen LogP contribution is 2.33. The lowest BCUT2D eigenvalue weighted by atomic mass is 10.1. The molecule has 0 amide bonds. The molecule has 0 saturated heterocycles. The number of nitrogens with one attached hydrogen (secondary N) is 1. The standard InChI is InChI=1S/C8H7F3N/c1-5-2-3-6(12)4-7(5)8(9,10)11/h2-4,12H,1H3/q-1. The quantitative estimate of drug-likeness (QED) is 0.572. The van der Waals surface area contributed by atoms with Crippen molar-refractivity contribution in [3.8, 4) is 0 Å². The Morgan fingerprint density at radius 2 is 1.83 bits per heavy atom. The van der Waals surface area contributed by atoms with Crippen molar-refractivity contribution in [2.24, 2.45) is 0 Å². The van der Waals surface area contributed by atoms with E-state index in [1.54, 1.807) is 0 Å². The highest BCUT2D eigenvalue weighted by Gasteiger charge is 2.31. The summed E-state index contributed by atoms with van der Waals surface area (Å²) < 4.78 is 36.4. The van der Waals surface area contributed by atoms with Crippen LogP contribution in [0.15, 0.2) is 18.2 Å². The summed E-state index contributed by atoms with van der Waals surface area (Å²) in [5.41, 5.74) is 6.32. The van der Waals surface area contributed by atoms with Crippen LogP contribution in [0.5, 0.6) is 0 Å². The Kier molecular flexibility index (Phi) is 2.00. The summed E-state index contributed by atoms with van der Waals surface area (Å²) in [6, 6.07) is 3.46. The first-order chi connectivity index (χ1) is 5.41. The monoisotopic (exact) mass is 174 g/mol. The number of aryl methyl sites for hydroxylation is 1. The molecule has 0 unspecified atom stereocenters. The molecule has 1 rings (SSSR count). The van der Waals surface area contributed by atoms with Crippen LogP contribution in [0.25, 0.3) is 5.73 Å². The number of hydrogen-bond donors (Lipinski definition) is 0. The lowest BCUT2D eigenvalue weighted by Crippen LogP contribution is -2.06. The van der Waals surface area contributed by atoms with E-state index >= 15 is 0 Å². The summed E-state index contributed by atoms with van der Waals surface area (Å²) in [4.78, 5) is 0. The minimum Gasteiger partial charge on any atom is -0.699 e. The van der Waals surface area contributed by atoms with Crippen LogP contribution in [0.1, 0.15) is 11.1 Å². The van der Waals surface area contributed by atoms with Gasteiger partial charge in [-0.2, -0.15) is 13.2 Å². The van der Waals surface area contributed by atoms with Crippen molar-refractivity contribution in [3.63, 3.8) is 0 Å². The number of alkyl halides is 3. The molecule has 1 N–H and O–H groups in total. The van der Waals surface area contributed by atoms with Crippen LogP contribution in [-0.4, -0.2) is 0 Å². The first-order valence-electron chi connectivity index (χ1n) is 3.30. The Morgan fingerprint density at radius 1 is 1.25 bits per heavy atom. The Bertz CT molecular complexity index is 291. The molecule has 0 radical (unpaired) electrons. The lowest BCUT2D eigenvalue weighted by Gasteiger charge is -2.12. The van der Waals surface area contributed by atoms with E-state index in [0.717, 1.165) is 6.07 Å². The molecule has 0 fully saturated rings. The van der Waals surface area contributed by atoms with Crippen LogP contribution >= 0.6 is 0 Å². The van der Waals surface area contributed by atoms with Gasteiger partial charge in [0.2, 0.25) is 0 Å². The van der Waals surface area contributed by atoms with E-state index < -0.39 is 11.7 Å². The molecular formula is C8H7F3N-. The van der Waals surface area contributed by atoms with Crippen LogP contribution in [0, 0.1) is 6.92 Å². The SMILES string of the molecule is Cc1ccc([NH-])cc1C(F)(F)F. The zero-order valence-electron chi connectivity index (χ0n) is 6.37. The van der Waals surface area contributed by atoms with Crippen LogP contribution in [0.4, 0.5) is 18.9 Å². The van der Waals surface area contributed by atoms with Gasteiger partial charge in [-0.3, -0.25) is 0 Å². The topological polar surface area (TPSA) is 23.8 Å². The van der Waals surface area contributed by atoms with E-state index in [1.807, 2.05) is 0 Å². The molecule has 0 aliphatic rings. The molecular weight excluding hydrogens is 167 g/mol. The molecule has 66 valence electrons. The van der Waals surface area contributed by atoms with E-state index in [0.29, 0.717) is 0 Å². The van der Waals surface area contributed by atoms with Crippen molar-refractivity contribution in [2.75, 3.05) is 0 Å². The Labute approximate surface area is 68.0 Å². The van der Waals surface area contributed by atoms with Gasteiger partial charge >= 0.3 is 6.18 Å². The van der Waals surface area contributed by atoms with Gasteiger partial charge in [0.15, 0.2) is 0 Å². The summed E-state index contributed by atoms with van der Waals surface area (Å²) in [7, 11) is 0. The first-order valence-corrected chi connectivity index (χ1v) is 3.30. The fourth-order valence-electron chi connectivity index (χ4n) is 0.927. The number of rotatable bonds is 0. The number of benzene rings is 1. The van der Waals surface area contributed by atoms with Gasteiger partial charge in [0.1, 0.15) is 0 Å². The average Bonchev–Trinajstić information content (AvgIpc) is 1.92. The van der Waals surface area contributed by atoms with Crippen LogP contribution in [0.2, 0.25) is 0 Å². The van der Waals surface area contributed by atoms with Crippen molar-refractivity contribution in [2.45, 2.75) is 13.1 Å². The molecule has 1 aromatic rings. The predicted molar refractivity (Wildman–Crippen MR) is 40.2 cm³/mol. The molecule has 0 aromatic heterocycles. The maximum atomic E-state index is 12.1. The normalized spacial score (nSPS) is 11.7. The highest BCUT2D eigenvalue weighted by molar-refractivity contribution is 5.48. The van der Waals surface area contributed by atoms with Gasteiger partial charge in [-0.15, -0.1) is 5.69 Å². The average molecular weight is 174 g/mol. The van der Waals surface area contributed by atoms with E-state index in [1.165, 1.54) is 19.1 Å². The Morgan fingerprint density at radius 3 is 2.25 bits per heavy atom. The smallest absolute Gasteiger partial charge is 0.416 e. The van der Waals surface area contributed by atoms with Gasteiger partial charge in [-0.05, 0) is 12.5 Å². The predicted octanol–water partition coefficient (Wildman–Crippen LogP) is 3.70. The third kappa shape index (κ3) is 1.69. The van der Waals surface area contributed by atoms with Crippen molar-refractivity contribution >= 4 is 5.69 Å². The largest absolute Gasteiger partial charge is 0.699 e. The van der Waals surface area contributed by atoms with Crippen LogP contribution < -0.4 is 0 Å². The summed E-state index contributed by atoms with van der Waals surface area (Å²) in [5.74, 6) is 0. The lowest BCUT2D eigenvalue weighted by molar-refractivity contribution is -0.138. The first kappa shape index (κ1) is 8.90. The molecule has 0 aliphatic carbocycles. The maximum Gasteiger partial charge on any atom is 0.416 e. The second-order valence-corrected chi connectivity index (χ2v) is 2.53. The fourth-order valence-corrected chi connectivity index (χ4v) is 0.927. The van der Waals surface area contributed by atoms with E-state index in [-0.39, 0.29) is 11.3 Å². The second kappa shape index (κ2) is 2.69. The van der Waals surface area contributed by atoms with Gasteiger partial charge in [0.25, 0.3) is 0 Å². The minimum atomic E-state index is -4.35. The van der Waals surface area contributed by atoms with Crippen molar-refractivity contribution in [1.29, 1.82) is 0 Å². The minimum absolute atomic E-state index is 0.118. The molecule has 0 bridgehead atoms. The molecule has 1 aromatic carbocycles. The van der Waals surface area contributed by atoms with Gasteiger partial charge in [0, 0.05) is 0 Å². The second-order valence-electron chi connectivity index (χ2n) is 2.53. The number of halogens is 3. The fraction of sp³-hybridized carbons (Fsp3) is 0.250. The van der Waals surface area contributed by atoms with Gasteiger partial charge < -0.3 is 5.73 Å². The molecule has 1 nitrogen and oxygen atoms in total. The van der Waals surface area contributed by atoms with Gasteiger partial charge in [-0.1, -0.05) is 18.2 Å².